The molecule has 2 unspecified atom stereocenters. The van der Waals surface area contributed by atoms with E-state index < -0.39 is 11.0 Å². The van der Waals surface area contributed by atoms with Crippen LogP contribution in [0.15, 0.2) is 18.2 Å². The van der Waals surface area contributed by atoms with E-state index in [4.69, 9.17) is 0 Å². The van der Waals surface area contributed by atoms with E-state index in [1.807, 2.05) is 6.92 Å². The minimum absolute atomic E-state index is 0.0482. The molecule has 0 bridgehead atoms. The molecule has 1 saturated heterocycles. The number of nitro benzene ring substituents is 1. The second kappa shape index (κ2) is 5.61. The number of nitrogens with one attached hydrogen (secondary N) is 1. The molecule has 0 aromatic heterocycles. The normalized spacial score (nSPS) is 20.0. The highest BCUT2D eigenvalue weighted by Crippen LogP contribution is 2.24. The van der Waals surface area contributed by atoms with Gasteiger partial charge in [-0.05, 0) is 19.4 Å². The van der Waals surface area contributed by atoms with E-state index >= 15 is 0 Å². The lowest BCUT2D eigenvalue weighted by atomic mass is 10.0. The van der Waals surface area contributed by atoms with Crippen LogP contribution in [0.4, 0.5) is 5.69 Å². The maximum Gasteiger partial charge on any atom is 0.272 e. The van der Waals surface area contributed by atoms with Crippen molar-refractivity contribution in [3.8, 4) is 0 Å². The lowest BCUT2D eigenvalue weighted by Crippen LogP contribution is -2.38. The third kappa shape index (κ3) is 2.92. The second-order valence-electron chi connectivity index (χ2n) is 5.24. The fourth-order valence-corrected chi connectivity index (χ4v) is 2.38. The molecule has 0 aliphatic carbocycles. The number of hydrogen-bond donors (Lipinski definition) is 1. The highest BCUT2D eigenvalue weighted by atomic mass is 16.6. The van der Waals surface area contributed by atoms with E-state index in [1.165, 1.54) is 13.1 Å². The number of carbonyl (C=O) groups is 2. The third-order valence-electron chi connectivity index (χ3n) is 3.76. The van der Waals surface area contributed by atoms with Gasteiger partial charge in [0.05, 0.1) is 17.4 Å². The van der Waals surface area contributed by atoms with Crippen molar-refractivity contribution in [2.24, 2.45) is 0 Å². The van der Waals surface area contributed by atoms with Gasteiger partial charge in [-0.3, -0.25) is 29.9 Å². The molecule has 21 heavy (non-hydrogen) atoms. The Labute approximate surface area is 122 Å². The molecule has 0 radical (unpaired) electrons. The molecule has 7 nitrogen and oxygen atoms in total. The lowest BCUT2D eigenvalue weighted by Gasteiger charge is -2.18. The van der Waals surface area contributed by atoms with Crippen LogP contribution in [0, 0.1) is 17.0 Å². The molecule has 2 atom stereocenters. The first kappa shape index (κ1) is 15.1. The number of likely N-dealkylation sites (tertiary alicyclic amines) is 1. The van der Waals surface area contributed by atoms with Crippen LogP contribution in [0.1, 0.15) is 30.5 Å². The van der Waals surface area contributed by atoms with Crippen LogP contribution >= 0.6 is 0 Å². The molecule has 1 heterocycles. The summed E-state index contributed by atoms with van der Waals surface area (Å²) >= 11 is 0. The van der Waals surface area contributed by atoms with E-state index in [-0.39, 0.29) is 30.0 Å². The number of carbonyl (C=O) groups excluding carboxylic acids is 2. The van der Waals surface area contributed by atoms with E-state index in [2.05, 4.69) is 5.32 Å². The molecule has 2 amide bonds. The van der Waals surface area contributed by atoms with Gasteiger partial charge in [0, 0.05) is 24.7 Å². The molecular formula is C14H17N3O4. The summed E-state index contributed by atoms with van der Waals surface area (Å²) in [6, 6.07) is 4.12. The second-order valence-corrected chi connectivity index (χ2v) is 5.24. The topological polar surface area (TPSA) is 92.6 Å². The highest BCUT2D eigenvalue weighted by molar-refractivity contribution is 6.05. The van der Waals surface area contributed by atoms with Gasteiger partial charge < -0.3 is 0 Å². The maximum absolute atomic E-state index is 11.8. The van der Waals surface area contributed by atoms with Crippen molar-refractivity contribution in [3.63, 3.8) is 0 Å². The van der Waals surface area contributed by atoms with Crippen molar-refractivity contribution in [2.45, 2.75) is 32.4 Å². The van der Waals surface area contributed by atoms with Crippen LogP contribution in [-0.4, -0.2) is 34.7 Å². The van der Waals surface area contributed by atoms with Crippen molar-refractivity contribution in [1.82, 2.24) is 10.2 Å². The van der Waals surface area contributed by atoms with E-state index in [0.29, 0.717) is 11.1 Å². The van der Waals surface area contributed by atoms with Crippen LogP contribution in [0.25, 0.3) is 0 Å². The number of nitro groups is 1. The number of hydrogen-bond acceptors (Lipinski definition) is 5. The third-order valence-corrected chi connectivity index (χ3v) is 3.76. The average molecular weight is 291 g/mol. The molecule has 7 heteroatoms. The van der Waals surface area contributed by atoms with Gasteiger partial charge in [0.25, 0.3) is 5.69 Å². The zero-order chi connectivity index (χ0) is 15.7. The van der Waals surface area contributed by atoms with Gasteiger partial charge in [0.2, 0.25) is 11.8 Å². The predicted molar refractivity (Wildman–Crippen MR) is 75.6 cm³/mol. The summed E-state index contributed by atoms with van der Waals surface area (Å²) in [6.07, 6.45) is 0.119. The number of imide groups is 1. The number of nitrogens with zero attached hydrogens (tertiary/aromatic N) is 2. The number of benzene rings is 1. The Morgan fingerprint density at radius 2 is 2.10 bits per heavy atom. The SMILES string of the molecule is Cc1ccc(C(C)NC2CC(=O)N(C)C2=O)cc1[N+](=O)[O-]. The van der Waals surface area contributed by atoms with Gasteiger partial charge in [-0.25, -0.2) is 0 Å². The molecule has 1 aromatic carbocycles. The summed E-state index contributed by atoms with van der Waals surface area (Å²) < 4.78 is 0. The standard InChI is InChI=1S/C14H17N3O4/c1-8-4-5-10(6-12(8)17(20)21)9(2)15-11-7-13(18)16(3)14(11)19/h4-6,9,11,15H,7H2,1-3H3. The van der Waals surface area contributed by atoms with Crippen LogP contribution < -0.4 is 5.32 Å². The summed E-state index contributed by atoms with van der Waals surface area (Å²) in [5, 5.41) is 14.0. The van der Waals surface area contributed by atoms with Gasteiger partial charge in [0.15, 0.2) is 0 Å². The number of aryl methyl sites for hydroxylation is 1. The van der Waals surface area contributed by atoms with Crippen LogP contribution in [0.3, 0.4) is 0 Å². The molecule has 1 aliphatic heterocycles. The molecule has 0 saturated carbocycles. The van der Waals surface area contributed by atoms with E-state index in [9.17, 15) is 19.7 Å². The fourth-order valence-electron chi connectivity index (χ4n) is 2.38. The van der Waals surface area contributed by atoms with Crippen LogP contribution in [0.5, 0.6) is 0 Å². The summed E-state index contributed by atoms with van der Waals surface area (Å²) in [5.41, 5.74) is 1.34. The number of amides is 2. The first-order valence-electron chi connectivity index (χ1n) is 6.62. The minimum Gasteiger partial charge on any atom is -0.299 e. The zero-order valence-corrected chi connectivity index (χ0v) is 12.1. The number of rotatable bonds is 4. The Morgan fingerprint density at radius 3 is 2.62 bits per heavy atom. The van der Waals surface area contributed by atoms with Gasteiger partial charge in [-0.2, -0.15) is 0 Å². The van der Waals surface area contributed by atoms with Crippen LogP contribution in [0.2, 0.25) is 0 Å². The molecule has 1 aromatic rings. The molecular weight excluding hydrogens is 274 g/mol. The van der Waals surface area contributed by atoms with Crippen molar-refractivity contribution in [3.05, 3.63) is 39.4 Å². The van der Waals surface area contributed by atoms with Crippen molar-refractivity contribution < 1.29 is 14.5 Å². The smallest absolute Gasteiger partial charge is 0.272 e. The quantitative estimate of drug-likeness (QED) is 0.513. The van der Waals surface area contributed by atoms with Gasteiger partial charge in [-0.1, -0.05) is 12.1 Å². The molecule has 1 aliphatic rings. The molecule has 1 fully saturated rings. The fraction of sp³-hybridized carbons (Fsp3) is 0.429. The monoisotopic (exact) mass is 291 g/mol. The Balaban J connectivity index is 2.16. The predicted octanol–water partition coefficient (Wildman–Crippen LogP) is 1.31. The maximum atomic E-state index is 11.8. The van der Waals surface area contributed by atoms with Crippen molar-refractivity contribution in [1.29, 1.82) is 0 Å². The molecule has 0 spiro atoms. The molecule has 2 rings (SSSR count). The minimum atomic E-state index is -0.571. The zero-order valence-electron chi connectivity index (χ0n) is 12.1. The Morgan fingerprint density at radius 1 is 1.43 bits per heavy atom. The lowest BCUT2D eigenvalue weighted by molar-refractivity contribution is -0.385. The highest BCUT2D eigenvalue weighted by Gasteiger charge is 2.36. The summed E-state index contributed by atoms with van der Waals surface area (Å²) in [7, 11) is 1.45. The summed E-state index contributed by atoms with van der Waals surface area (Å²) in [4.78, 5) is 35.0. The summed E-state index contributed by atoms with van der Waals surface area (Å²) in [6.45, 7) is 3.48. The largest absolute Gasteiger partial charge is 0.299 e. The Bertz CT molecular complexity index is 614. The van der Waals surface area contributed by atoms with Gasteiger partial charge in [0.1, 0.15) is 0 Å². The number of likely N-dealkylation sites (N-methyl/N-ethyl adjacent to an activating group) is 1. The van der Waals surface area contributed by atoms with E-state index in [0.717, 1.165) is 4.90 Å². The van der Waals surface area contributed by atoms with Gasteiger partial charge in [-0.15, -0.1) is 0 Å². The Kier molecular flexibility index (Phi) is 4.04. The summed E-state index contributed by atoms with van der Waals surface area (Å²) in [5.74, 6) is -0.493. The van der Waals surface area contributed by atoms with Crippen molar-refractivity contribution >= 4 is 17.5 Å². The molecule has 112 valence electrons. The van der Waals surface area contributed by atoms with E-state index in [1.54, 1.807) is 19.1 Å². The van der Waals surface area contributed by atoms with Crippen LogP contribution in [-0.2, 0) is 9.59 Å². The van der Waals surface area contributed by atoms with Crippen molar-refractivity contribution in [2.75, 3.05) is 7.05 Å². The first-order chi connectivity index (χ1) is 9.81. The Hall–Kier alpha value is -2.28. The first-order valence-corrected chi connectivity index (χ1v) is 6.62. The van der Waals surface area contributed by atoms with Gasteiger partial charge >= 0.3 is 0 Å². The average Bonchev–Trinajstić information content (AvgIpc) is 2.66. The molecule has 1 N–H and O–H groups in total.